The van der Waals surface area contributed by atoms with Gasteiger partial charge in [0.05, 0.1) is 12.8 Å². The van der Waals surface area contributed by atoms with Crippen LogP contribution < -0.4 is 25.2 Å². The maximum atomic E-state index is 12.1. The first-order valence-corrected chi connectivity index (χ1v) is 10.2. The van der Waals surface area contributed by atoms with Gasteiger partial charge in [-0.05, 0) is 31.5 Å². The minimum atomic E-state index is -0.143. The number of pyridine rings is 1. The number of benzene rings is 1. The summed E-state index contributed by atoms with van der Waals surface area (Å²) in [4.78, 5) is 21.3. The summed E-state index contributed by atoms with van der Waals surface area (Å²) < 4.78 is 5.51. The zero-order valence-electron chi connectivity index (χ0n) is 17.5. The first-order chi connectivity index (χ1) is 14.1. The van der Waals surface area contributed by atoms with Crippen molar-refractivity contribution in [3.05, 3.63) is 48.2 Å². The van der Waals surface area contributed by atoms with Gasteiger partial charge in [-0.1, -0.05) is 25.1 Å². The lowest BCUT2D eigenvalue weighted by Crippen LogP contribution is -2.47. The Morgan fingerprint density at radius 1 is 1.14 bits per heavy atom. The molecule has 2 aromatic rings. The fraction of sp³-hybridized carbons (Fsp3) is 0.455. The maximum absolute atomic E-state index is 12.1. The Bertz CT molecular complexity index is 805. The van der Waals surface area contributed by atoms with Crippen LogP contribution in [0.2, 0.25) is 0 Å². The minimum Gasteiger partial charge on any atom is -0.495 e. The van der Waals surface area contributed by atoms with Gasteiger partial charge in [0.1, 0.15) is 11.6 Å². The molecule has 7 heteroatoms. The quantitative estimate of drug-likeness (QED) is 0.752. The number of amides is 2. The van der Waals surface area contributed by atoms with Crippen molar-refractivity contribution in [1.29, 1.82) is 0 Å². The van der Waals surface area contributed by atoms with Crippen LogP contribution in [0.15, 0.2) is 42.6 Å². The number of urea groups is 1. The number of methoxy groups -OCH3 is 1. The molecule has 7 nitrogen and oxygen atoms in total. The van der Waals surface area contributed by atoms with Gasteiger partial charge >= 0.3 is 6.03 Å². The number of piperazine rings is 1. The molecule has 156 valence electrons. The number of aromatic nitrogens is 1. The average molecular weight is 398 g/mol. The molecule has 0 radical (unpaired) electrons. The number of carbonyl (C=O) groups excluding carboxylic acids is 1. The van der Waals surface area contributed by atoms with Crippen LogP contribution in [0.5, 0.6) is 5.75 Å². The highest BCUT2D eigenvalue weighted by Crippen LogP contribution is 2.29. The predicted molar refractivity (Wildman–Crippen MR) is 117 cm³/mol. The molecule has 1 saturated heterocycles. The van der Waals surface area contributed by atoms with Gasteiger partial charge in [0.2, 0.25) is 0 Å². The number of rotatable bonds is 7. The number of hydrogen-bond donors (Lipinski definition) is 2. The molecule has 0 unspecified atom stereocenters. The number of hydrogen-bond acceptors (Lipinski definition) is 5. The molecule has 0 aliphatic carbocycles. The van der Waals surface area contributed by atoms with Gasteiger partial charge in [-0.15, -0.1) is 0 Å². The molecule has 3 rings (SSSR count). The van der Waals surface area contributed by atoms with E-state index in [1.54, 1.807) is 7.11 Å². The summed E-state index contributed by atoms with van der Waals surface area (Å²) >= 11 is 0. The predicted octanol–water partition coefficient (Wildman–Crippen LogP) is 3.01. The highest BCUT2D eigenvalue weighted by Gasteiger charge is 2.22. The van der Waals surface area contributed by atoms with Crippen molar-refractivity contribution in [2.45, 2.75) is 32.9 Å². The van der Waals surface area contributed by atoms with Crippen molar-refractivity contribution < 1.29 is 9.53 Å². The summed E-state index contributed by atoms with van der Waals surface area (Å²) in [6.45, 7) is 8.00. The van der Waals surface area contributed by atoms with E-state index in [0.29, 0.717) is 6.54 Å². The summed E-state index contributed by atoms with van der Waals surface area (Å²) in [6, 6.07) is 12.1. The van der Waals surface area contributed by atoms with Crippen molar-refractivity contribution in [3.63, 3.8) is 0 Å². The summed E-state index contributed by atoms with van der Waals surface area (Å²) in [5, 5.41) is 5.88. The fourth-order valence-electron chi connectivity index (χ4n) is 3.46. The Morgan fingerprint density at radius 2 is 1.86 bits per heavy atom. The largest absolute Gasteiger partial charge is 0.495 e. The third-order valence-electron chi connectivity index (χ3n) is 5.30. The molecule has 2 N–H and O–H groups in total. The molecule has 29 heavy (non-hydrogen) atoms. The lowest BCUT2D eigenvalue weighted by molar-refractivity contribution is 0.237. The van der Waals surface area contributed by atoms with Gasteiger partial charge in [0, 0.05) is 50.5 Å². The van der Waals surface area contributed by atoms with Crippen LogP contribution in [0.25, 0.3) is 0 Å². The lowest BCUT2D eigenvalue weighted by Gasteiger charge is -2.37. The monoisotopic (exact) mass is 397 g/mol. The van der Waals surface area contributed by atoms with E-state index in [4.69, 9.17) is 4.74 Å². The Labute approximate surface area is 173 Å². The van der Waals surface area contributed by atoms with Gasteiger partial charge in [-0.25, -0.2) is 9.78 Å². The molecule has 0 bridgehead atoms. The molecule has 1 atom stereocenters. The van der Waals surface area contributed by atoms with Gasteiger partial charge in [0.25, 0.3) is 0 Å². The molecule has 1 aromatic carbocycles. The normalized spacial score (nSPS) is 15.0. The van der Waals surface area contributed by atoms with Crippen LogP contribution in [-0.2, 0) is 6.54 Å². The molecule has 1 aliphatic rings. The van der Waals surface area contributed by atoms with Crippen molar-refractivity contribution >= 4 is 17.5 Å². The summed E-state index contributed by atoms with van der Waals surface area (Å²) in [5.41, 5.74) is 2.15. The van der Waals surface area contributed by atoms with Crippen molar-refractivity contribution in [2.75, 3.05) is 43.1 Å². The second-order valence-electron chi connectivity index (χ2n) is 7.27. The van der Waals surface area contributed by atoms with Crippen LogP contribution >= 0.6 is 0 Å². The van der Waals surface area contributed by atoms with Crippen molar-refractivity contribution in [2.24, 2.45) is 0 Å². The van der Waals surface area contributed by atoms with Gasteiger partial charge < -0.3 is 25.2 Å². The number of ether oxygens (including phenoxy) is 1. The summed E-state index contributed by atoms with van der Waals surface area (Å²) in [5.74, 6) is 1.84. The van der Waals surface area contributed by atoms with E-state index in [-0.39, 0.29) is 12.1 Å². The molecule has 1 aromatic heterocycles. The van der Waals surface area contributed by atoms with Gasteiger partial charge in [0.15, 0.2) is 0 Å². The molecule has 0 saturated carbocycles. The zero-order valence-corrected chi connectivity index (χ0v) is 17.5. The van der Waals surface area contributed by atoms with E-state index in [2.05, 4.69) is 38.4 Å². The summed E-state index contributed by atoms with van der Waals surface area (Å²) in [7, 11) is 1.71. The number of anilines is 2. The van der Waals surface area contributed by atoms with Gasteiger partial charge in [-0.2, -0.15) is 0 Å². The molecule has 2 heterocycles. The Balaban J connectivity index is 1.62. The van der Waals surface area contributed by atoms with E-state index in [1.807, 2.05) is 43.5 Å². The van der Waals surface area contributed by atoms with Crippen molar-refractivity contribution in [1.82, 2.24) is 15.6 Å². The molecular formula is C22H31N5O2. The topological polar surface area (TPSA) is 69.7 Å². The molecule has 2 amide bonds. The third kappa shape index (κ3) is 5.31. The summed E-state index contributed by atoms with van der Waals surface area (Å²) in [6.07, 6.45) is 2.71. The Kier molecular flexibility index (Phi) is 7.16. The molecule has 0 spiro atoms. The van der Waals surface area contributed by atoms with Crippen LogP contribution in [0, 0.1) is 0 Å². The second-order valence-corrected chi connectivity index (χ2v) is 7.27. The van der Waals surface area contributed by atoms with E-state index in [0.717, 1.165) is 55.4 Å². The van der Waals surface area contributed by atoms with Crippen LogP contribution in [-0.4, -0.2) is 50.3 Å². The number of carbonyl (C=O) groups is 1. The molecular weight excluding hydrogens is 366 g/mol. The van der Waals surface area contributed by atoms with Crippen molar-refractivity contribution in [3.8, 4) is 5.75 Å². The fourth-order valence-corrected chi connectivity index (χ4v) is 3.46. The first kappa shape index (κ1) is 20.8. The average Bonchev–Trinajstić information content (AvgIpc) is 2.78. The third-order valence-corrected chi connectivity index (χ3v) is 5.30. The Hall–Kier alpha value is -2.96. The number of para-hydroxylation sites is 2. The standard InChI is InChI=1S/C22H31N5O2/c1-4-17(2)25-22(28)24-16-18-8-7-11-23-21(18)27-14-12-26(13-15-27)19-9-5-6-10-20(19)29-3/h5-11,17H,4,12-16H2,1-3H3,(H2,24,25,28)/t17-/m0/s1. The van der Waals surface area contributed by atoms with Crippen LogP contribution in [0.4, 0.5) is 16.3 Å². The smallest absolute Gasteiger partial charge is 0.315 e. The van der Waals surface area contributed by atoms with E-state index >= 15 is 0 Å². The highest BCUT2D eigenvalue weighted by atomic mass is 16.5. The minimum absolute atomic E-state index is 0.143. The first-order valence-electron chi connectivity index (χ1n) is 10.2. The number of nitrogens with zero attached hydrogens (tertiary/aromatic N) is 3. The van der Waals surface area contributed by atoms with E-state index in [1.165, 1.54) is 0 Å². The zero-order chi connectivity index (χ0) is 20.6. The van der Waals surface area contributed by atoms with E-state index < -0.39 is 0 Å². The maximum Gasteiger partial charge on any atom is 0.315 e. The van der Waals surface area contributed by atoms with Crippen LogP contribution in [0.3, 0.4) is 0 Å². The SMILES string of the molecule is CC[C@H](C)NC(=O)NCc1cccnc1N1CCN(c2ccccc2OC)CC1. The molecule has 1 aliphatic heterocycles. The lowest BCUT2D eigenvalue weighted by atomic mass is 10.2. The second kappa shape index (κ2) is 10.0. The van der Waals surface area contributed by atoms with E-state index in [9.17, 15) is 4.79 Å². The number of nitrogens with one attached hydrogen (secondary N) is 2. The van der Waals surface area contributed by atoms with Gasteiger partial charge in [-0.3, -0.25) is 0 Å². The molecule has 1 fully saturated rings. The Morgan fingerprint density at radius 3 is 2.59 bits per heavy atom. The van der Waals surface area contributed by atoms with Crippen LogP contribution in [0.1, 0.15) is 25.8 Å². The highest BCUT2D eigenvalue weighted by molar-refractivity contribution is 5.74.